The third kappa shape index (κ3) is 3.70. The Morgan fingerprint density at radius 2 is 1.50 bits per heavy atom. The van der Waals surface area contributed by atoms with Crippen molar-refractivity contribution in [2.24, 2.45) is 0 Å². The van der Waals surface area contributed by atoms with Crippen molar-refractivity contribution in [3.63, 3.8) is 0 Å². The molecule has 0 spiro atoms. The molecule has 1 rings (SSSR count). The van der Waals surface area contributed by atoms with Crippen molar-refractivity contribution in [3.05, 3.63) is 18.2 Å². The van der Waals surface area contributed by atoms with Gasteiger partial charge < -0.3 is 14.8 Å². The minimum absolute atomic E-state index is 0. The van der Waals surface area contributed by atoms with E-state index in [1.807, 2.05) is 0 Å². The van der Waals surface area contributed by atoms with Crippen LogP contribution in [0.4, 0.5) is 5.69 Å². The van der Waals surface area contributed by atoms with Crippen LogP contribution in [0.3, 0.4) is 0 Å². The van der Waals surface area contributed by atoms with Crippen LogP contribution in [-0.2, 0) is 20.2 Å². The maximum absolute atomic E-state index is 10.6. The first kappa shape index (κ1) is 15.8. The van der Waals surface area contributed by atoms with Crippen molar-refractivity contribution in [2.45, 2.75) is 9.79 Å². The molecule has 16 heavy (non-hydrogen) atoms. The molecule has 7 nitrogen and oxygen atoms in total. The van der Waals surface area contributed by atoms with Gasteiger partial charge in [0, 0.05) is 5.69 Å². The monoisotopic (exact) mass is 274 g/mol. The Morgan fingerprint density at radius 1 is 1.00 bits per heavy atom. The maximum atomic E-state index is 10.6. The summed E-state index contributed by atoms with van der Waals surface area (Å²) in [6.45, 7) is 0. The van der Waals surface area contributed by atoms with E-state index in [1.165, 1.54) is 0 Å². The molecule has 1 aromatic rings. The summed E-state index contributed by atoms with van der Waals surface area (Å²) >= 11 is 0. The van der Waals surface area contributed by atoms with Crippen LogP contribution >= 0.6 is 0 Å². The van der Waals surface area contributed by atoms with Crippen molar-refractivity contribution in [2.75, 3.05) is 5.73 Å². The Bertz CT molecular complexity index is 593. The third-order valence-electron chi connectivity index (χ3n) is 1.54. The molecule has 10 heteroatoms. The van der Waals surface area contributed by atoms with E-state index in [1.54, 1.807) is 0 Å². The molecule has 0 aliphatic rings. The molecule has 2 N–H and O–H groups in total. The fourth-order valence-corrected chi connectivity index (χ4v) is 2.09. The van der Waals surface area contributed by atoms with Crippen LogP contribution in [0.1, 0.15) is 0 Å². The molecule has 0 aliphatic carbocycles. The van der Waals surface area contributed by atoms with Gasteiger partial charge in [-0.3, -0.25) is 0 Å². The zero-order chi connectivity index (χ0) is 11.9. The molecule has 0 aromatic heterocycles. The van der Waals surface area contributed by atoms with Crippen LogP contribution in [0.25, 0.3) is 0 Å². The maximum Gasteiger partial charge on any atom is 1.00 e. The average molecular weight is 274 g/mol. The fraction of sp³-hybridized carbons (Fsp3) is 0. The minimum atomic E-state index is -4.89. The van der Waals surface area contributed by atoms with Gasteiger partial charge in [0.15, 0.2) is 0 Å². The van der Waals surface area contributed by atoms with Crippen molar-refractivity contribution in [1.82, 2.24) is 0 Å². The second-order valence-electron chi connectivity index (χ2n) is 2.61. The standard InChI is InChI=1S/C6H7NO6S2.Na/c7-5-2-1-4(14(8,9)10)3-6(5)15(11,12)13;/h1-3H,7H2,(H,8,9,10)(H,11,12,13);/q;+1/p-2. The molecule has 1 aromatic carbocycles. The summed E-state index contributed by atoms with van der Waals surface area (Å²) in [5.41, 5.74) is 4.74. The number of hydrogen-bond donors (Lipinski definition) is 1. The summed E-state index contributed by atoms with van der Waals surface area (Å²) in [6, 6.07) is 2.14. The second-order valence-corrected chi connectivity index (χ2v) is 5.34. The molecule has 0 unspecified atom stereocenters. The van der Waals surface area contributed by atoms with Gasteiger partial charge in [0.2, 0.25) is 0 Å². The first-order valence-corrected chi connectivity index (χ1v) is 6.25. The van der Waals surface area contributed by atoms with E-state index >= 15 is 0 Å². The molecule has 0 saturated carbocycles. The smallest absolute Gasteiger partial charge is 0.744 e. The molecule has 0 bridgehead atoms. The van der Waals surface area contributed by atoms with Crippen molar-refractivity contribution in [3.8, 4) is 0 Å². The zero-order valence-corrected chi connectivity index (χ0v) is 11.7. The number of anilines is 1. The predicted octanol–water partition coefficient (Wildman–Crippen LogP) is -3.92. The van der Waals surface area contributed by atoms with E-state index in [4.69, 9.17) is 5.73 Å². The van der Waals surface area contributed by atoms with E-state index in [0.29, 0.717) is 6.07 Å². The number of hydrogen-bond acceptors (Lipinski definition) is 7. The molecule has 0 atom stereocenters. The SMILES string of the molecule is Nc1ccc(S(=O)(=O)[O-])cc1S(=O)(=O)[O-].[Na+]. The van der Waals surface area contributed by atoms with Gasteiger partial charge in [0.25, 0.3) is 0 Å². The largest absolute Gasteiger partial charge is 1.00 e. The molecule has 0 radical (unpaired) electrons. The average Bonchev–Trinajstić information content (AvgIpc) is 2.00. The summed E-state index contributed by atoms with van der Waals surface area (Å²) < 4.78 is 63.4. The Hall–Kier alpha value is -0.160. The van der Waals surface area contributed by atoms with Crippen LogP contribution in [-0.4, -0.2) is 25.9 Å². The van der Waals surface area contributed by atoms with Gasteiger partial charge in [-0.15, -0.1) is 0 Å². The van der Waals surface area contributed by atoms with Gasteiger partial charge in [-0.05, 0) is 18.2 Å². The van der Waals surface area contributed by atoms with Crippen LogP contribution in [0, 0.1) is 0 Å². The minimum Gasteiger partial charge on any atom is -0.744 e. The first-order chi connectivity index (χ1) is 6.62. The predicted molar refractivity (Wildman–Crippen MR) is 46.8 cm³/mol. The summed E-state index contributed by atoms with van der Waals surface area (Å²) in [4.78, 5) is -1.73. The molecular formula is C6H5NNaO6S2-. The Labute approximate surface area is 114 Å². The Morgan fingerprint density at radius 3 is 1.88 bits per heavy atom. The van der Waals surface area contributed by atoms with E-state index in [0.717, 1.165) is 12.1 Å². The third-order valence-corrected chi connectivity index (χ3v) is 3.27. The molecule has 0 saturated heterocycles. The van der Waals surface area contributed by atoms with Crippen molar-refractivity contribution < 1.29 is 55.5 Å². The summed E-state index contributed by atoms with van der Waals surface area (Å²) in [7, 11) is -9.71. The van der Waals surface area contributed by atoms with Crippen LogP contribution in [0.5, 0.6) is 0 Å². The van der Waals surface area contributed by atoms with Gasteiger partial charge in [0.1, 0.15) is 20.2 Å². The Balaban J connectivity index is 0.00000225. The number of rotatable bonds is 2. The van der Waals surface area contributed by atoms with Crippen molar-refractivity contribution >= 4 is 25.9 Å². The van der Waals surface area contributed by atoms with E-state index in [-0.39, 0.29) is 29.6 Å². The van der Waals surface area contributed by atoms with Crippen molar-refractivity contribution in [1.29, 1.82) is 0 Å². The van der Waals surface area contributed by atoms with E-state index in [2.05, 4.69) is 0 Å². The van der Waals surface area contributed by atoms with Gasteiger partial charge in [0.05, 0.1) is 9.79 Å². The first-order valence-electron chi connectivity index (χ1n) is 3.43. The molecule has 0 amide bonds. The number of nitrogen functional groups attached to an aromatic ring is 1. The van der Waals surface area contributed by atoms with Crippen LogP contribution in [0.15, 0.2) is 28.0 Å². The van der Waals surface area contributed by atoms with Gasteiger partial charge >= 0.3 is 29.6 Å². The fourth-order valence-electron chi connectivity index (χ4n) is 0.887. The van der Waals surface area contributed by atoms with Crippen LogP contribution in [0.2, 0.25) is 0 Å². The number of nitrogens with two attached hydrogens (primary N) is 1. The van der Waals surface area contributed by atoms with E-state index in [9.17, 15) is 25.9 Å². The molecule has 0 fully saturated rings. The summed E-state index contributed by atoms with van der Waals surface area (Å²) in [5.74, 6) is 0. The summed E-state index contributed by atoms with van der Waals surface area (Å²) in [5, 5.41) is 0. The normalized spacial score (nSPS) is 11.9. The van der Waals surface area contributed by atoms with Gasteiger partial charge in [-0.1, -0.05) is 0 Å². The molecular weight excluding hydrogens is 269 g/mol. The van der Waals surface area contributed by atoms with Gasteiger partial charge in [-0.2, -0.15) is 0 Å². The van der Waals surface area contributed by atoms with Crippen LogP contribution < -0.4 is 35.3 Å². The second kappa shape index (κ2) is 5.00. The number of benzene rings is 1. The van der Waals surface area contributed by atoms with E-state index < -0.39 is 35.7 Å². The summed E-state index contributed by atoms with van der Waals surface area (Å²) in [6.07, 6.45) is 0. The topological polar surface area (TPSA) is 140 Å². The molecule has 0 heterocycles. The van der Waals surface area contributed by atoms with Gasteiger partial charge in [-0.25, -0.2) is 16.8 Å². The quantitative estimate of drug-likeness (QED) is 0.330. The molecule has 0 aliphatic heterocycles. The molecule has 84 valence electrons. The Kier molecular flexibility index (Phi) is 4.95. The zero-order valence-electron chi connectivity index (χ0n) is 8.08.